The van der Waals surface area contributed by atoms with Crippen molar-refractivity contribution in [2.45, 2.75) is 13.8 Å². The molecule has 0 heterocycles. The SMILES string of the molecule is CC(C)COc1cc(C(N)=O)c(N)cc1F. The van der Waals surface area contributed by atoms with Crippen molar-refractivity contribution in [2.24, 2.45) is 11.7 Å². The molecule has 0 radical (unpaired) electrons. The molecule has 4 nitrogen and oxygen atoms in total. The van der Waals surface area contributed by atoms with Crippen molar-refractivity contribution in [1.29, 1.82) is 0 Å². The minimum atomic E-state index is -0.702. The van der Waals surface area contributed by atoms with Gasteiger partial charge in [-0.1, -0.05) is 13.8 Å². The van der Waals surface area contributed by atoms with E-state index in [0.717, 1.165) is 6.07 Å². The van der Waals surface area contributed by atoms with Crippen molar-refractivity contribution >= 4 is 11.6 Å². The van der Waals surface area contributed by atoms with Crippen LogP contribution in [0.1, 0.15) is 24.2 Å². The lowest BCUT2D eigenvalue weighted by atomic mass is 10.1. The quantitative estimate of drug-likeness (QED) is 0.764. The molecule has 0 fully saturated rings. The summed E-state index contributed by atoms with van der Waals surface area (Å²) in [6.45, 7) is 4.23. The second-order valence-corrected chi connectivity index (χ2v) is 3.94. The van der Waals surface area contributed by atoms with Crippen molar-refractivity contribution in [3.05, 3.63) is 23.5 Å². The average Bonchev–Trinajstić information content (AvgIpc) is 2.15. The smallest absolute Gasteiger partial charge is 0.250 e. The Hall–Kier alpha value is -1.78. The van der Waals surface area contributed by atoms with Crippen LogP contribution in [0.15, 0.2) is 12.1 Å². The molecule has 0 bridgehead atoms. The zero-order valence-corrected chi connectivity index (χ0v) is 9.29. The lowest BCUT2D eigenvalue weighted by Gasteiger charge is -2.11. The van der Waals surface area contributed by atoms with Gasteiger partial charge in [0.05, 0.1) is 12.2 Å². The number of hydrogen-bond donors (Lipinski definition) is 2. The van der Waals surface area contributed by atoms with Crippen LogP contribution in [0.5, 0.6) is 5.75 Å². The van der Waals surface area contributed by atoms with E-state index in [-0.39, 0.29) is 22.9 Å². The third-order valence-electron chi connectivity index (χ3n) is 1.94. The first-order valence-electron chi connectivity index (χ1n) is 4.93. The molecule has 5 heteroatoms. The zero-order valence-electron chi connectivity index (χ0n) is 9.29. The van der Waals surface area contributed by atoms with Gasteiger partial charge in [0.25, 0.3) is 5.91 Å². The molecule has 0 aliphatic rings. The summed E-state index contributed by atoms with van der Waals surface area (Å²) in [6, 6.07) is 2.27. The fourth-order valence-corrected chi connectivity index (χ4v) is 1.15. The molecule has 16 heavy (non-hydrogen) atoms. The van der Waals surface area contributed by atoms with Crippen molar-refractivity contribution in [1.82, 2.24) is 0 Å². The standard InChI is InChI=1S/C11H15FN2O2/c1-6(2)5-16-10-3-7(11(14)15)9(13)4-8(10)12/h3-4,6H,5,13H2,1-2H3,(H2,14,15). The second-order valence-electron chi connectivity index (χ2n) is 3.94. The van der Waals surface area contributed by atoms with E-state index >= 15 is 0 Å². The van der Waals surface area contributed by atoms with Gasteiger partial charge in [0.15, 0.2) is 11.6 Å². The number of hydrogen-bond acceptors (Lipinski definition) is 3. The van der Waals surface area contributed by atoms with Crippen LogP contribution in [0.4, 0.5) is 10.1 Å². The topological polar surface area (TPSA) is 78.3 Å². The molecule has 0 aliphatic heterocycles. The molecule has 1 aromatic rings. The molecular formula is C11H15FN2O2. The van der Waals surface area contributed by atoms with Gasteiger partial charge in [0.2, 0.25) is 0 Å². The molecule has 1 rings (SSSR count). The predicted molar refractivity (Wildman–Crippen MR) is 59.7 cm³/mol. The summed E-state index contributed by atoms with van der Waals surface area (Å²) in [4.78, 5) is 11.0. The lowest BCUT2D eigenvalue weighted by Crippen LogP contribution is -2.15. The highest BCUT2D eigenvalue weighted by Gasteiger charge is 2.13. The molecule has 0 spiro atoms. The van der Waals surface area contributed by atoms with E-state index in [4.69, 9.17) is 16.2 Å². The van der Waals surface area contributed by atoms with E-state index in [2.05, 4.69) is 0 Å². The molecule has 88 valence electrons. The van der Waals surface area contributed by atoms with Gasteiger partial charge < -0.3 is 16.2 Å². The predicted octanol–water partition coefficient (Wildman–Crippen LogP) is 1.54. The van der Waals surface area contributed by atoms with Gasteiger partial charge in [0.1, 0.15) is 0 Å². The molecule has 0 saturated carbocycles. The number of ether oxygens (including phenoxy) is 1. The molecular weight excluding hydrogens is 211 g/mol. The Labute approximate surface area is 93.4 Å². The van der Waals surface area contributed by atoms with Gasteiger partial charge >= 0.3 is 0 Å². The van der Waals surface area contributed by atoms with Gasteiger partial charge in [0, 0.05) is 11.8 Å². The summed E-state index contributed by atoms with van der Waals surface area (Å²) in [5.41, 5.74) is 10.6. The van der Waals surface area contributed by atoms with Crippen LogP contribution < -0.4 is 16.2 Å². The van der Waals surface area contributed by atoms with Crippen molar-refractivity contribution in [3.63, 3.8) is 0 Å². The number of carbonyl (C=O) groups is 1. The highest BCUT2D eigenvalue weighted by atomic mass is 19.1. The first-order chi connectivity index (χ1) is 7.41. The average molecular weight is 226 g/mol. The van der Waals surface area contributed by atoms with Crippen LogP contribution in [0, 0.1) is 11.7 Å². The molecule has 1 amide bonds. The van der Waals surface area contributed by atoms with Crippen molar-refractivity contribution < 1.29 is 13.9 Å². The normalized spacial score (nSPS) is 10.5. The zero-order chi connectivity index (χ0) is 12.3. The van der Waals surface area contributed by atoms with Crippen LogP contribution in [-0.4, -0.2) is 12.5 Å². The number of nitrogens with two attached hydrogens (primary N) is 2. The summed E-state index contributed by atoms with van der Waals surface area (Å²) in [6.07, 6.45) is 0. The van der Waals surface area contributed by atoms with Gasteiger partial charge in [-0.15, -0.1) is 0 Å². The summed E-state index contributed by atoms with van der Waals surface area (Å²) >= 11 is 0. The van der Waals surface area contributed by atoms with Gasteiger partial charge in [-0.2, -0.15) is 0 Å². The Bertz CT molecular complexity index is 405. The number of carbonyl (C=O) groups excluding carboxylic acids is 1. The summed E-state index contributed by atoms with van der Waals surface area (Å²) in [5.74, 6) is -1.04. The first kappa shape index (κ1) is 12.3. The fraction of sp³-hybridized carbons (Fsp3) is 0.364. The molecule has 0 aliphatic carbocycles. The number of nitrogen functional groups attached to an aromatic ring is 1. The van der Waals surface area contributed by atoms with Crippen LogP contribution in [0.3, 0.4) is 0 Å². The Balaban J connectivity index is 3.00. The van der Waals surface area contributed by atoms with Gasteiger partial charge in [-0.25, -0.2) is 4.39 Å². The summed E-state index contributed by atoms with van der Waals surface area (Å²) in [5, 5.41) is 0. The van der Waals surface area contributed by atoms with E-state index in [9.17, 15) is 9.18 Å². The molecule has 1 aromatic carbocycles. The van der Waals surface area contributed by atoms with Crippen LogP contribution >= 0.6 is 0 Å². The Morgan fingerprint density at radius 2 is 2.12 bits per heavy atom. The second kappa shape index (κ2) is 4.83. The minimum Gasteiger partial charge on any atom is -0.490 e. The number of rotatable bonds is 4. The number of halogens is 1. The van der Waals surface area contributed by atoms with E-state index < -0.39 is 11.7 Å². The molecule has 4 N–H and O–H groups in total. The van der Waals surface area contributed by atoms with E-state index in [0.29, 0.717) is 6.61 Å². The highest BCUT2D eigenvalue weighted by molar-refractivity contribution is 5.98. The molecule has 0 saturated heterocycles. The monoisotopic (exact) mass is 226 g/mol. The van der Waals surface area contributed by atoms with E-state index in [1.807, 2.05) is 13.8 Å². The maximum Gasteiger partial charge on any atom is 0.250 e. The molecule has 0 unspecified atom stereocenters. The Kier molecular flexibility index (Phi) is 3.71. The van der Waals surface area contributed by atoms with E-state index in [1.165, 1.54) is 6.07 Å². The fourth-order valence-electron chi connectivity index (χ4n) is 1.15. The van der Waals surface area contributed by atoms with E-state index in [1.54, 1.807) is 0 Å². The molecule has 0 aromatic heterocycles. The minimum absolute atomic E-state index is 0.00306. The van der Waals surface area contributed by atoms with Crippen LogP contribution in [0.2, 0.25) is 0 Å². The van der Waals surface area contributed by atoms with Crippen molar-refractivity contribution in [2.75, 3.05) is 12.3 Å². The Morgan fingerprint density at radius 3 is 2.62 bits per heavy atom. The maximum absolute atomic E-state index is 13.4. The van der Waals surface area contributed by atoms with Crippen LogP contribution in [0.25, 0.3) is 0 Å². The maximum atomic E-state index is 13.4. The van der Waals surface area contributed by atoms with Gasteiger partial charge in [-0.05, 0) is 12.0 Å². The number of benzene rings is 1. The Morgan fingerprint density at radius 1 is 1.50 bits per heavy atom. The summed E-state index contributed by atoms with van der Waals surface area (Å²) in [7, 11) is 0. The highest BCUT2D eigenvalue weighted by Crippen LogP contribution is 2.24. The third kappa shape index (κ3) is 2.85. The summed E-state index contributed by atoms with van der Waals surface area (Å²) < 4.78 is 18.6. The lowest BCUT2D eigenvalue weighted by molar-refractivity contribution is 0.100. The van der Waals surface area contributed by atoms with Gasteiger partial charge in [-0.3, -0.25) is 4.79 Å². The molecule has 0 atom stereocenters. The number of amides is 1. The third-order valence-corrected chi connectivity index (χ3v) is 1.94. The van der Waals surface area contributed by atoms with Crippen LogP contribution in [-0.2, 0) is 0 Å². The van der Waals surface area contributed by atoms with Crippen molar-refractivity contribution in [3.8, 4) is 5.75 Å². The number of anilines is 1. The first-order valence-corrected chi connectivity index (χ1v) is 4.93. The number of primary amides is 1. The largest absolute Gasteiger partial charge is 0.490 e.